The molecule has 2 atom stereocenters. The zero-order chi connectivity index (χ0) is 14.5. The molecule has 1 aromatic carbocycles. The first kappa shape index (κ1) is 15.8. The molecule has 1 aromatic rings. The van der Waals surface area contributed by atoms with Crippen molar-refractivity contribution < 1.29 is 0 Å². The molecular weight excluding hydrogens is 312 g/mol. The quantitative estimate of drug-likeness (QED) is 0.847. The maximum atomic E-state index is 3.76. The molecule has 0 spiro atoms. The predicted molar refractivity (Wildman–Crippen MR) is 91.4 cm³/mol. The molecule has 112 valence electrons. The fourth-order valence-corrected chi connectivity index (χ4v) is 3.55. The third-order valence-electron chi connectivity index (χ3n) is 4.53. The van der Waals surface area contributed by atoms with Gasteiger partial charge in [-0.05, 0) is 69.0 Å². The summed E-state index contributed by atoms with van der Waals surface area (Å²) in [4.78, 5) is 2.58. The molecule has 1 heterocycles. The molecule has 1 aliphatic rings. The van der Waals surface area contributed by atoms with Crippen molar-refractivity contribution in [3.8, 4) is 0 Å². The van der Waals surface area contributed by atoms with Crippen LogP contribution in [-0.2, 0) is 6.42 Å². The lowest BCUT2D eigenvalue weighted by Crippen LogP contribution is -2.41. The van der Waals surface area contributed by atoms with E-state index in [0.717, 1.165) is 12.3 Å². The van der Waals surface area contributed by atoms with Gasteiger partial charge in [-0.2, -0.15) is 0 Å². The minimum absolute atomic E-state index is 0.538. The average Bonchev–Trinajstić information content (AvgIpc) is 2.49. The summed E-state index contributed by atoms with van der Waals surface area (Å²) in [5.41, 5.74) is 2.70. The number of halogens is 1. The molecular formula is C17H27BrN2. The maximum absolute atomic E-state index is 3.76. The van der Waals surface area contributed by atoms with E-state index >= 15 is 0 Å². The number of anilines is 1. The maximum Gasteiger partial charge on any atom is 0.0375 e. The fraction of sp³-hybridized carbons (Fsp3) is 0.647. The Kier molecular flexibility index (Phi) is 5.91. The first-order valence-electron chi connectivity index (χ1n) is 7.91. The topological polar surface area (TPSA) is 15.3 Å². The summed E-state index contributed by atoms with van der Waals surface area (Å²) >= 11 is 3.56. The molecule has 0 bridgehead atoms. The average molecular weight is 339 g/mol. The van der Waals surface area contributed by atoms with Crippen molar-refractivity contribution in [3.63, 3.8) is 0 Å². The molecule has 0 amide bonds. The van der Waals surface area contributed by atoms with E-state index in [1.54, 1.807) is 0 Å². The van der Waals surface area contributed by atoms with E-state index in [0.29, 0.717) is 6.04 Å². The van der Waals surface area contributed by atoms with Crippen molar-refractivity contribution in [2.45, 2.75) is 46.1 Å². The highest BCUT2D eigenvalue weighted by molar-refractivity contribution is 9.10. The lowest BCUT2D eigenvalue weighted by molar-refractivity contribution is 0.172. The molecule has 0 aromatic heterocycles. The molecule has 2 nitrogen and oxygen atoms in total. The Balaban J connectivity index is 2.02. The van der Waals surface area contributed by atoms with Gasteiger partial charge in [0.05, 0.1) is 0 Å². The predicted octanol–water partition coefficient (Wildman–Crippen LogP) is 4.54. The summed E-state index contributed by atoms with van der Waals surface area (Å²) in [6, 6.07) is 7.11. The van der Waals surface area contributed by atoms with Crippen LogP contribution < -0.4 is 5.32 Å². The SMILES string of the molecule is CCc1cc(Br)ccc1NC(C)C1CCCN(CC)C1. The van der Waals surface area contributed by atoms with Gasteiger partial charge in [0, 0.05) is 22.7 Å². The molecule has 0 radical (unpaired) electrons. The number of benzene rings is 1. The molecule has 0 aliphatic carbocycles. The van der Waals surface area contributed by atoms with Crippen molar-refractivity contribution in [2.75, 3.05) is 25.0 Å². The van der Waals surface area contributed by atoms with Crippen LogP contribution in [0.1, 0.15) is 39.2 Å². The van der Waals surface area contributed by atoms with Gasteiger partial charge in [-0.1, -0.05) is 29.8 Å². The molecule has 1 fully saturated rings. The van der Waals surface area contributed by atoms with Crippen molar-refractivity contribution in [1.29, 1.82) is 0 Å². The highest BCUT2D eigenvalue weighted by Crippen LogP contribution is 2.26. The van der Waals surface area contributed by atoms with E-state index in [2.05, 4.69) is 65.1 Å². The molecule has 20 heavy (non-hydrogen) atoms. The molecule has 2 unspecified atom stereocenters. The second kappa shape index (κ2) is 7.46. The van der Waals surface area contributed by atoms with E-state index in [1.807, 2.05) is 0 Å². The van der Waals surface area contributed by atoms with Gasteiger partial charge in [0.2, 0.25) is 0 Å². The lowest BCUT2D eigenvalue weighted by atomic mass is 9.91. The Morgan fingerprint density at radius 1 is 1.40 bits per heavy atom. The molecule has 1 aliphatic heterocycles. The smallest absolute Gasteiger partial charge is 0.0375 e. The zero-order valence-corrected chi connectivity index (χ0v) is 14.5. The van der Waals surface area contributed by atoms with Crippen LogP contribution in [0.2, 0.25) is 0 Å². The lowest BCUT2D eigenvalue weighted by Gasteiger charge is -2.36. The van der Waals surface area contributed by atoms with Crippen molar-refractivity contribution >= 4 is 21.6 Å². The summed E-state index contributed by atoms with van der Waals surface area (Å²) < 4.78 is 1.17. The van der Waals surface area contributed by atoms with E-state index in [4.69, 9.17) is 0 Å². The molecule has 2 rings (SSSR count). The van der Waals surface area contributed by atoms with Gasteiger partial charge >= 0.3 is 0 Å². The van der Waals surface area contributed by atoms with Crippen LogP contribution in [0, 0.1) is 5.92 Å². The monoisotopic (exact) mass is 338 g/mol. The van der Waals surface area contributed by atoms with Crippen LogP contribution >= 0.6 is 15.9 Å². The van der Waals surface area contributed by atoms with Crippen LogP contribution in [0.4, 0.5) is 5.69 Å². The van der Waals surface area contributed by atoms with E-state index in [9.17, 15) is 0 Å². The highest BCUT2D eigenvalue weighted by Gasteiger charge is 2.24. The number of likely N-dealkylation sites (tertiary alicyclic amines) is 1. The summed E-state index contributed by atoms with van der Waals surface area (Å²) in [5, 5.41) is 3.76. The van der Waals surface area contributed by atoms with Crippen LogP contribution in [0.5, 0.6) is 0 Å². The Morgan fingerprint density at radius 2 is 2.20 bits per heavy atom. The second-order valence-corrected chi connectivity index (χ2v) is 6.80. The summed E-state index contributed by atoms with van der Waals surface area (Å²) in [6.45, 7) is 10.5. The zero-order valence-electron chi connectivity index (χ0n) is 13.0. The number of hydrogen-bond acceptors (Lipinski definition) is 2. The number of aryl methyl sites for hydroxylation is 1. The van der Waals surface area contributed by atoms with Gasteiger partial charge < -0.3 is 10.2 Å². The Hall–Kier alpha value is -0.540. The molecule has 0 saturated carbocycles. The van der Waals surface area contributed by atoms with Gasteiger partial charge in [0.15, 0.2) is 0 Å². The highest BCUT2D eigenvalue weighted by atomic mass is 79.9. The number of nitrogens with one attached hydrogen (secondary N) is 1. The van der Waals surface area contributed by atoms with Crippen LogP contribution in [0.15, 0.2) is 22.7 Å². The minimum Gasteiger partial charge on any atom is -0.382 e. The van der Waals surface area contributed by atoms with Gasteiger partial charge in [0.25, 0.3) is 0 Å². The van der Waals surface area contributed by atoms with Gasteiger partial charge in [-0.25, -0.2) is 0 Å². The van der Waals surface area contributed by atoms with Crippen molar-refractivity contribution in [3.05, 3.63) is 28.2 Å². The van der Waals surface area contributed by atoms with Crippen LogP contribution in [-0.4, -0.2) is 30.6 Å². The number of hydrogen-bond donors (Lipinski definition) is 1. The molecule has 3 heteroatoms. The van der Waals surface area contributed by atoms with E-state index < -0.39 is 0 Å². The number of rotatable bonds is 5. The first-order valence-corrected chi connectivity index (χ1v) is 8.70. The Labute approximate surface area is 132 Å². The Morgan fingerprint density at radius 3 is 2.90 bits per heavy atom. The number of piperidine rings is 1. The normalized spacial score (nSPS) is 21.7. The molecule has 1 N–H and O–H groups in total. The van der Waals surface area contributed by atoms with Crippen molar-refractivity contribution in [1.82, 2.24) is 4.90 Å². The largest absolute Gasteiger partial charge is 0.382 e. The third-order valence-corrected chi connectivity index (χ3v) is 5.02. The summed E-state index contributed by atoms with van der Waals surface area (Å²) in [6.07, 6.45) is 3.76. The standard InChI is InChI=1S/C17H27BrN2/c1-4-14-11-16(18)8-9-17(14)19-13(3)15-7-6-10-20(5-2)12-15/h8-9,11,13,15,19H,4-7,10,12H2,1-3H3. The van der Waals surface area contributed by atoms with Crippen molar-refractivity contribution in [2.24, 2.45) is 5.92 Å². The molecule has 1 saturated heterocycles. The summed E-state index contributed by atoms with van der Waals surface area (Å²) in [7, 11) is 0. The number of nitrogens with zero attached hydrogens (tertiary/aromatic N) is 1. The van der Waals surface area contributed by atoms with Gasteiger partial charge in [0.1, 0.15) is 0 Å². The van der Waals surface area contributed by atoms with E-state index in [1.165, 1.54) is 48.2 Å². The van der Waals surface area contributed by atoms with Gasteiger partial charge in [-0.15, -0.1) is 0 Å². The first-order chi connectivity index (χ1) is 9.63. The van der Waals surface area contributed by atoms with E-state index in [-0.39, 0.29) is 0 Å². The van der Waals surface area contributed by atoms with Gasteiger partial charge in [-0.3, -0.25) is 0 Å². The minimum atomic E-state index is 0.538. The third kappa shape index (κ3) is 3.98. The Bertz CT molecular complexity index is 433. The summed E-state index contributed by atoms with van der Waals surface area (Å²) in [5.74, 6) is 0.761. The fourth-order valence-electron chi connectivity index (χ4n) is 3.15. The van der Waals surface area contributed by atoms with Crippen LogP contribution in [0.3, 0.4) is 0 Å². The van der Waals surface area contributed by atoms with Crippen LogP contribution in [0.25, 0.3) is 0 Å². The second-order valence-electron chi connectivity index (χ2n) is 5.88.